The Kier molecular flexibility index (Phi) is 3.78. The van der Waals surface area contributed by atoms with Gasteiger partial charge in [-0.2, -0.15) is 5.10 Å². The van der Waals surface area contributed by atoms with Gasteiger partial charge in [0.25, 0.3) is 0 Å². The SMILES string of the molecule is CCCn1cc(CN(CC(=O)O)C2CC2)cn1. The maximum Gasteiger partial charge on any atom is 0.317 e. The van der Waals surface area contributed by atoms with Crippen molar-refractivity contribution in [3.8, 4) is 0 Å². The largest absolute Gasteiger partial charge is 0.480 e. The molecule has 0 aromatic carbocycles. The van der Waals surface area contributed by atoms with Crippen LogP contribution in [0.3, 0.4) is 0 Å². The highest BCUT2D eigenvalue weighted by Crippen LogP contribution is 2.27. The van der Waals surface area contributed by atoms with Crippen LogP contribution in [0.2, 0.25) is 0 Å². The summed E-state index contributed by atoms with van der Waals surface area (Å²) in [4.78, 5) is 12.8. The summed E-state index contributed by atoms with van der Waals surface area (Å²) in [6.45, 7) is 3.86. The van der Waals surface area contributed by atoms with Crippen LogP contribution < -0.4 is 0 Å². The molecule has 1 heterocycles. The number of aromatic nitrogens is 2. The summed E-state index contributed by atoms with van der Waals surface area (Å²) in [7, 11) is 0. The van der Waals surface area contributed by atoms with Crippen LogP contribution in [-0.4, -0.2) is 38.3 Å². The van der Waals surface area contributed by atoms with Crippen molar-refractivity contribution in [1.82, 2.24) is 14.7 Å². The number of carboxylic acid groups (broad SMARTS) is 1. The third kappa shape index (κ3) is 3.56. The van der Waals surface area contributed by atoms with Gasteiger partial charge >= 0.3 is 5.97 Å². The highest BCUT2D eigenvalue weighted by Gasteiger charge is 2.30. The molecule has 0 spiro atoms. The van der Waals surface area contributed by atoms with E-state index in [2.05, 4.69) is 12.0 Å². The highest BCUT2D eigenvalue weighted by molar-refractivity contribution is 5.69. The average Bonchev–Trinajstić information content (AvgIpc) is 3.01. The summed E-state index contributed by atoms with van der Waals surface area (Å²) in [5.41, 5.74) is 1.10. The molecule has 2 rings (SSSR count). The van der Waals surface area contributed by atoms with Gasteiger partial charge in [0, 0.05) is 30.9 Å². The van der Waals surface area contributed by atoms with Crippen molar-refractivity contribution in [2.24, 2.45) is 0 Å². The maximum atomic E-state index is 10.8. The summed E-state index contributed by atoms with van der Waals surface area (Å²) in [6, 6.07) is 0.459. The number of aryl methyl sites for hydroxylation is 1. The van der Waals surface area contributed by atoms with Crippen LogP contribution in [0.4, 0.5) is 0 Å². The molecule has 1 fully saturated rings. The van der Waals surface area contributed by atoms with E-state index in [-0.39, 0.29) is 6.54 Å². The molecule has 17 heavy (non-hydrogen) atoms. The number of carbonyl (C=O) groups is 1. The second-order valence-corrected chi connectivity index (χ2v) is 4.64. The molecule has 1 aromatic heterocycles. The van der Waals surface area contributed by atoms with Gasteiger partial charge < -0.3 is 5.11 Å². The molecule has 94 valence electrons. The van der Waals surface area contributed by atoms with Crippen molar-refractivity contribution in [2.45, 2.75) is 45.3 Å². The molecular formula is C12H19N3O2. The van der Waals surface area contributed by atoms with E-state index in [4.69, 9.17) is 5.11 Å². The average molecular weight is 237 g/mol. The molecule has 0 bridgehead atoms. The standard InChI is InChI=1S/C12H19N3O2/c1-2-5-15-8-10(6-13-15)7-14(9-12(16)17)11-3-4-11/h6,8,11H,2-5,7,9H2,1H3,(H,16,17). The van der Waals surface area contributed by atoms with E-state index >= 15 is 0 Å². The quantitative estimate of drug-likeness (QED) is 0.777. The smallest absolute Gasteiger partial charge is 0.317 e. The zero-order valence-electron chi connectivity index (χ0n) is 10.2. The normalized spacial score (nSPS) is 15.4. The maximum absolute atomic E-state index is 10.8. The molecule has 1 aliphatic carbocycles. The third-order valence-corrected chi connectivity index (χ3v) is 2.93. The van der Waals surface area contributed by atoms with Gasteiger partial charge in [-0.05, 0) is 19.3 Å². The van der Waals surface area contributed by atoms with Crippen LogP contribution in [0.25, 0.3) is 0 Å². The lowest BCUT2D eigenvalue weighted by Gasteiger charge is -2.18. The van der Waals surface area contributed by atoms with Crippen molar-refractivity contribution >= 4 is 5.97 Å². The summed E-state index contributed by atoms with van der Waals surface area (Å²) in [5.74, 6) is -0.752. The van der Waals surface area contributed by atoms with Crippen LogP contribution in [0, 0.1) is 0 Å². The van der Waals surface area contributed by atoms with E-state index < -0.39 is 5.97 Å². The fourth-order valence-electron chi connectivity index (χ4n) is 2.00. The van der Waals surface area contributed by atoms with E-state index in [1.807, 2.05) is 22.0 Å². The molecule has 5 nitrogen and oxygen atoms in total. The van der Waals surface area contributed by atoms with Gasteiger partial charge in [-0.1, -0.05) is 6.92 Å². The van der Waals surface area contributed by atoms with Gasteiger partial charge in [-0.15, -0.1) is 0 Å². The van der Waals surface area contributed by atoms with Gasteiger partial charge in [0.05, 0.1) is 12.7 Å². The number of rotatable bonds is 7. The Morgan fingerprint density at radius 2 is 2.41 bits per heavy atom. The Balaban J connectivity index is 1.93. The van der Waals surface area contributed by atoms with Crippen molar-refractivity contribution < 1.29 is 9.90 Å². The molecule has 0 amide bonds. The Labute approximate surface area is 101 Å². The number of hydrogen-bond acceptors (Lipinski definition) is 3. The van der Waals surface area contributed by atoms with Crippen LogP contribution in [0.5, 0.6) is 0 Å². The minimum absolute atomic E-state index is 0.129. The fourth-order valence-corrected chi connectivity index (χ4v) is 2.00. The first kappa shape index (κ1) is 12.1. The summed E-state index contributed by atoms with van der Waals surface area (Å²) in [6.07, 6.45) is 7.16. The summed E-state index contributed by atoms with van der Waals surface area (Å²) < 4.78 is 1.92. The Morgan fingerprint density at radius 1 is 1.65 bits per heavy atom. The first-order chi connectivity index (χ1) is 8.19. The van der Waals surface area contributed by atoms with Crippen LogP contribution >= 0.6 is 0 Å². The zero-order chi connectivity index (χ0) is 12.3. The van der Waals surface area contributed by atoms with E-state index in [9.17, 15) is 4.79 Å². The van der Waals surface area contributed by atoms with Crippen LogP contribution in [0.15, 0.2) is 12.4 Å². The minimum Gasteiger partial charge on any atom is -0.480 e. The second-order valence-electron chi connectivity index (χ2n) is 4.64. The summed E-state index contributed by atoms with van der Waals surface area (Å²) >= 11 is 0. The molecule has 0 saturated heterocycles. The van der Waals surface area contributed by atoms with Gasteiger partial charge in [-0.3, -0.25) is 14.4 Å². The van der Waals surface area contributed by atoms with Gasteiger partial charge in [0.1, 0.15) is 0 Å². The molecule has 0 radical (unpaired) electrons. The zero-order valence-corrected chi connectivity index (χ0v) is 10.2. The van der Waals surface area contributed by atoms with Crippen LogP contribution in [0.1, 0.15) is 31.7 Å². The first-order valence-corrected chi connectivity index (χ1v) is 6.16. The number of aliphatic carboxylic acids is 1. The van der Waals surface area contributed by atoms with Crippen molar-refractivity contribution in [3.05, 3.63) is 18.0 Å². The third-order valence-electron chi connectivity index (χ3n) is 2.93. The number of carboxylic acids is 1. The predicted molar refractivity (Wildman–Crippen MR) is 63.6 cm³/mol. The molecular weight excluding hydrogens is 218 g/mol. The molecule has 0 aliphatic heterocycles. The predicted octanol–water partition coefficient (Wildman–Crippen LogP) is 1.34. The van der Waals surface area contributed by atoms with Crippen molar-refractivity contribution in [2.75, 3.05) is 6.54 Å². The van der Waals surface area contributed by atoms with Crippen LogP contribution in [-0.2, 0) is 17.9 Å². The van der Waals surface area contributed by atoms with E-state index in [1.165, 1.54) is 0 Å². The lowest BCUT2D eigenvalue weighted by Crippen LogP contribution is -2.31. The molecule has 1 N–H and O–H groups in total. The van der Waals surface area contributed by atoms with E-state index in [0.29, 0.717) is 12.6 Å². The lowest BCUT2D eigenvalue weighted by atomic mass is 10.3. The molecule has 0 unspecified atom stereocenters. The second kappa shape index (κ2) is 5.31. The Hall–Kier alpha value is -1.36. The Morgan fingerprint density at radius 3 is 3.00 bits per heavy atom. The van der Waals surface area contributed by atoms with Crippen molar-refractivity contribution in [1.29, 1.82) is 0 Å². The molecule has 1 aromatic rings. The van der Waals surface area contributed by atoms with Gasteiger partial charge in [0.2, 0.25) is 0 Å². The number of nitrogens with zero attached hydrogens (tertiary/aromatic N) is 3. The first-order valence-electron chi connectivity index (χ1n) is 6.16. The highest BCUT2D eigenvalue weighted by atomic mass is 16.4. The fraction of sp³-hybridized carbons (Fsp3) is 0.667. The Bertz CT molecular complexity index is 385. The molecule has 0 atom stereocenters. The summed E-state index contributed by atoms with van der Waals surface area (Å²) in [5, 5.41) is 13.1. The van der Waals surface area contributed by atoms with E-state index in [1.54, 1.807) is 0 Å². The lowest BCUT2D eigenvalue weighted by molar-refractivity contribution is -0.138. The monoisotopic (exact) mass is 237 g/mol. The molecule has 1 saturated carbocycles. The van der Waals surface area contributed by atoms with Gasteiger partial charge in [-0.25, -0.2) is 0 Å². The molecule has 1 aliphatic rings. The van der Waals surface area contributed by atoms with Gasteiger partial charge in [0.15, 0.2) is 0 Å². The van der Waals surface area contributed by atoms with E-state index in [0.717, 1.165) is 31.4 Å². The van der Waals surface area contributed by atoms with Crippen molar-refractivity contribution in [3.63, 3.8) is 0 Å². The number of hydrogen-bond donors (Lipinski definition) is 1. The minimum atomic E-state index is -0.752. The topological polar surface area (TPSA) is 58.4 Å². The molecule has 5 heteroatoms.